The van der Waals surface area contributed by atoms with E-state index in [0.29, 0.717) is 11.3 Å². The molecule has 0 unspecified atom stereocenters. The molecule has 0 saturated heterocycles. The van der Waals surface area contributed by atoms with Crippen molar-refractivity contribution in [2.45, 2.75) is 12.3 Å². The van der Waals surface area contributed by atoms with Crippen molar-refractivity contribution >= 4 is 10.0 Å². The molecule has 3 aromatic rings. The quantitative estimate of drug-likeness (QED) is 0.736. The van der Waals surface area contributed by atoms with Gasteiger partial charge in [0.2, 0.25) is 10.0 Å². The van der Waals surface area contributed by atoms with Gasteiger partial charge in [-0.1, -0.05) is 24.3 Å². The minimum absolute atomic E-state index is 0.0643. The van der Waals surface area contributed by atoms with E-state index in [4.69, 9.17) is 0 Å². The molecule has 0 amide bonds. The van der Waals surface area contributed by atoms with Crippen LogP contribution >= 0.6 is 0 Å². The molecule has 0 aliphatic heterocycles. The van der Waals surface area contributed by atoms with Crippen LogP contribution in [0.4, 0.5) is 4.39 Å². The van der Waals surface area contributed by atoms with Gasteiger partial charge in [-0.05, 0) is 29.8 Å². The Morgan fingerprint density at radius 1 is 0.960 bits per heavy atom. The zero-order valence-corrected chi connectivity index (χ0v) is 14.1. The second-order valence-electron chi connectivity index (χ2n) is 5.42. The van der Waals surface area contributed by atoms with Crippen molar-refractivity contribution in [2.24, 2.45) is 0 Å². The van der Waals surface area contributed by atoms with Crippen molar-refractivity contribution in [3.05, 3.63) is 84.1 Å². The van der Waals surface area contributed by atoms with Gasteiger partial charge in [-0.2, -0.15) is 0 Å². The summed E-state index contributed by atoms with van der Waals surface area (Å²) in [6.07, 6.45) is 4.96. The summed E-state index contributed by atoms with van der Waals surface area (Å²) in [5.41, 5.74) is 2.30. The van der Waals surface area contributed by atoms with Crippen LogP contribution < -0.4 is 4.72 Å². The molecular formula is C18H16FN3O2S. The van der Waals surface area contributed by atoms with Crippen LogP contribution in [0.5, 0.6) is 0 Å². The number of sulfonamides is 1. The maximum absolute atomic E-state index is 13.7. The van der Waals surface area contributed by atoms with Crippen molar-refractivity contribution in [2.75, 3.05) is 0 Å². The Bertz CT molecular complexity index is 963. The Morgan fingerprint density at radius 3 is 2.48 bits per heavy atom. The van der Waals surface area contributed by atoms with Gasteiger partial charge in [-0.25, -0.2) is 17.5 Å². The highest BCUT2D eigenvalue weighted by molar-refractivity contribution is 7.88. The number of rotatable bonds is 6. The summed E-state index contributed by atoms with van der Waals surface area (Å²) in [5.74, 6) is -0.951. The summed E-state index contributed by atoms with van der Waals surface area (Å²) < 4.78 is 40.7. The molecule has 0 aliphatic carbocycles. The first-order valence-electron chi connectivity index (χ1n) is 7.60. The average Bonchev–Trinajstić information content (AvgIpc) is 2.63. The minimum atomic E-state index is -3.69. The van der Waals surface area contributed by atoms with E-state index in [9.17, 15) is 12.8 Å². The topological polar surface area (TPSA) is 72.0 Å². The molecule has 1 aromatic carbocycles. The maximum atomic E-state index is 13.7. The summed E-state index contributed by atoms with van der Waals surface area (Å²) >= 11 is 0. The summed E-state index contributed by atoms with van der Waals surface area (Å²) in [7, 11) is -3.69. The Balaban J connectivity index is 1.77. The van der Waals surface area contributed by atoms with Gasteiger partial charge in [0.15, 0.2) is 0 Å². The second-order valence-corrected chi connectivity index (χ2v) is 7.23. The summed E-state index contributed by atoms with van der Waals surface area (Å²) in [6.45, 7) is 0.0643. The van der Waals surface area contributed by atoms with Crippen LogP contribution in [-0.2, 0) is 22.3 Å². The van der Waals surface area contributed by atoms with Gasteiger partial charge >= 0.3 is 0 Å². The van der Waals surface area contributed by atoms with Crippen LogP contribution in [0.25, 0.3) is 11.3 Å². The molecule has 128 valence electrons. The molecular weight excluding hydrogens is 341 g/mol. The van der Waals surface area contributed by atoms with Crippen LogP contribution in [0.1, 0.15) is 11.1 Å². The maximum Gasteiger partial charge on any atom is 0.216 e. The number of hydrogen-bond acceptors (Lipinski definition) is 4. The van der Waals surface area contributed by atoms with Crippen LogP contribution in [0.3, 0.4) is 0 Å². The molecule has 0 spiro atoms. The molecule has 7 heteroatoms. The fourth-order valence-corrected chi connectivity index (χ4v) is 3.52. The summed E-state index contributed by atoms with van der Waals surface area (Å²) in [4.78, 5) is 8.37. The molecule has 2 aromatic heterocycles. The van der Waals surface area contributed by atoms with Gasteiger partial charge in [0.1, 0.15) is 5.82 Å². The molecule has 3 rings (SSSR count). The minimum Gasteiger partial charge on any atom is -0.264 e. The third-order valence-corrected chi connectivity index (χ3v) is 4.89. The predicted molar refractivity (Wildman–Crippen MR) is 93.3 cm³/mol. The van der Waals surface area contributed by atoms with Gasteiger partial charge in [-0.3, -0.25) is 9.97 Å². The lowest BCUT2D eigenvalue weighted by Gasteiger charge is -2.11. The summed E-state index contributed by atoms with van der Waals surface area (Å²) in [6, 6.07) is 13.0. The molecule has 0 saturated carbocycles. The number of aromatic nitrogens is 2. The SMILES string of the molecule is O=S(=O)(Cc1ccccc1F)NCc1cccnc1-c1cccnc1. The van der Waals surface area contributed by atoms with Crippen molar-refractivity contribution in [1.29, 1.82) is 0 Å². The highest BCUT2D eigenvalue weighted by Gasteiger charge is 2.15. The third-order valence-electron chi connectivity index (χ3n) is 3.61. The van der Waals surface area contributed by atoms with Gasteiger partial charge in [-0.15, -0.1) is 0 Å². The second kappa shape index (κ2) is 7.50. The van der Waals surface area contributed by atoms with Crippen molar-refractivity contribution in [1.82, 2.24) is 14.7 Å². The smallest absolute Gasteiger partial charge is 0.216 e. The van der Waals surface area contributed by atoms with Gasteiger partial charge in [0.05, 0.1) is 11.4 Å². The largest absolute Gasteiger partial charge is 0.264 e. The van der Waals surface area contributed by atoms with E-state index >= 15 is 0 Å². The van der Waals surface area contributed by atoms with Gasteiger partial charge in [0, 0.05) is 36.3 Å². The van der Waals surface area contributed by atoms with E-state index in [1.165, 1.54) is 18.2 Å². The first kappa shape index (κ1) is 17.2. The number of nitrogens with one attached hydrogen (secondary N) is 1. The van der Waals surface area contributed by atoms with Crippen molar-refractivity contribution < 1.29 is 12.8 Å². The van der Waals surface area contributed by atoms with E-state index < -0.39 is 21.6 Å². The van der Waals surface area contributed by atoms with E-state index in [1.54, 1.807) is 42.9 Å². The van der Waals surface area contributed by atoms with E-state index in [0.717, 1.165) is 5.56 Å². The lowest BCUT2D eigenvalue weighted by molar-refractivity contribution is 0.574. The standard InChI is InChI=1S/C18H16FN3O2S/c19-17-8-2-1-5-16(17)13-25(23,24)22-12-15-7-4-10-21-18(15)14-6-3-9-20-11-14/h1-11,22H,12-13H2. The monoisotopic (exact) mass is 357 g/mol. The normalized spacial score (nSPS) is 11.4. The van der Waals surface area contributed by atoms with Crippen molar-refractivity contribution in [3.63, 3.8) is 0 Å². The first-order valence-corrected chi connectivity index (χ1v) is 9.25. The van der Waals surface area contributed by atoms with Crippen LogP contribution in [0.15, 0.2) is 67.1 Å². The Kier molecular flexibility index (Phi) is 5.16. The zero-order valence-electron chi connectivity index (χ0n) is 13.3. The molecule has 0 atom stereocenters. The Labute approximate surface area is 145 Å². The highest BCUT2D eigenvalue weighted by Crippen LogP contribution is 2.20. The van der Waals surface area contributed by atoms with Crippen LogP contribution in [0, 0.1) is 5.82 Å². The molecule has 0 aliphatic rings. The molecule has 0 radical (unpaired) electrons. The van der Waals surface area contributed by atoms with E-state index in [1.807, 2.05) is 6.07 Å². The third kappa shape index (κ3) is 4.46. The van der Waals surface area contributed by atoms with E-state index in [2.05, 4.69) is 14.7 Å². The lowest BCUT2D eigenvalue weighted by Crippen LogP contribution is -2.25. The van der Waals surface area contributed by atoms with Crippen LogP contribution in [0.2, 0.25) is 0 Å². The predicted octanol–water partition coefficient (Wildman–Crippen LogP) is 2.90. The molecule has 0 bridgehead atoms. The number of hydrogen-bond donors (Lipinski definition) is 1. The molecule has 1 N–H and O–H groups in total. The van der Waals surface area contributed by atoms with Crippen molar-refractivity contribution in [3.8, 4) is 11.3 Å². The number of nitrogens with zero attached hydrogens (tertiary/aromatic N) is 2. The fraction of sp³-hybridized carbons (Fsp3) is 0.111. The molecule has 0 fully saturated rings. The number of halogens is 1. The van der Waals surface area contributed by atoms with Crippen LogP contribution in [-0.4, -0.2) is 18.4 Å². The average molecular weight is 357 g/mol. The van der Waals surface area contributed by atoms with Gasteiger partial charge in [0.25, 0.3) is 0 Å². The number of benzene rings is 1. The molecule has 25 heavy (non-hydrogen) atoms. The first-order chi connectivity index (χ1) is 12.1. The van der Waals surface area contributed by atoms with Gasteiger partial charge < -0.3 is 0 Å². The summed E-state index contributed by atoms with van der Waals surface area (Å²) in [5, 5.41) is 0. The Hall–Kier alpha value is -2.64. The highest BCUT2D eigenvalue weighted by atomic mass is 32.2. The Morgan fingerprint density at radius 2 is 1.72 bits per heavy atom. The molecule has 2 heterocycles. The number of pyridine rings is 2. The zero-order chi connectivity index (χ0) is 17.7. The lowest BCUT2D eigenvalue weighted by atomic mass is 10.1. The fourth-order valence-electron chi connectivity index (χ4n) is 2.40. The van der Waals surface area contributed by atoms with E-state index in [-0.39, 0.29) is 12.1 Å². The molecule has 5 nitrogen and oxygen atoms in total.